The lowest BCUT2D eigenvalue weighted by atomic mass is 9.93. The van der Waals surface area contributed by atoms with Gasteiger partial charge in [-0.1, -0.05) is 24.3 Å². The number of fused-ring (bicyclic) bond motifs is 1. The zero-order valence-electron chi connectivity index (χ0n) is 19.8. The molecule has 1 atom stereocenters. The summed E-state index contributed by atoms with van der Waals surface area (Å²) < 4.78 is 24.8. The van der Waals surface area contributed by atoms with Crippen molar-refractivity contribution in [3.8, 4) is 11.5 Å². The predicted octanol–water partition coefficient (Wildman–Crippen LogP) is 5.26. The Morgan fingerprint density at radius 1 is 1.00 bits per heavy atom. The van der Waals surface area contributed by atoms with Gasteiger partial charge in [0.05, 0.1) is 31.4 Å². The lowest BCUT2D eigenvalue weighted by Crippen LogP contribution is -2.29. The topological polar surface area (TPSA) is 91.9 Å². The number of benzene rings is 3. The first kappa shape index (κ1) is 23.2. The maximum Gasteiger partial charge on any atom is 0.300 e. The second kappa shape index (κ2) is 8.88. The largest absolute Gasteiger partial charge is 0.507 e. The number of aryl methyl sites for hydroxylation is 1. The number of rotatable bonds is 5. The number of aliphatic hydroxyl groups is 1. The second-order valence-corrected chi connectivity index (χ2v) is 8.42. The molecule has 0 radical (unpaired) electrons. The third kappa shape index (κ3) is 3.58. The van der Waals surface area contributed by atoms with E-state index in [0.717, 1.165) is 17.0 Å². The highest BCUT2D eigenvalue weighted by molar-refractivity contribution is 6.52. The summed E-state index contributed by atoms with van der Waals surface area (Å²) in [6, 6.07) is 16.9. The lowest BCUT2D eigenvalue weighted by Gasteiger charge is -2.26. The first-order chi connectivity index (χ1) is 17.3. The van der Waals surface area contributed by atoms with Crippen molar-refractivity contribution < 1.29 is 28.6 Å². The number of carbonyl (C=O) groups excluding carboxylic acids is 2. The molecular formula is C28H23FN2O5. The van der Waals surface area contributed by atoms with E-state index in [1.54, 1.807) is 24.3 Å². The minimum absolute atomic E-state index is 0.0244. The van der Waals surface area contributed by atoms with Crippen LogP contribution < -0.4 is 14.4 Å². The molecule has 4 aromatic rings. The third-order valence-corrected chi connectivity index (χ3v) is 6.41. The Balaban J connectivity index is 1.84. The maximum atomic E-state index is 14.2. The molecule has 0 spiro atoms. The Morgan fingerprint density at radius 3 is 2.53 bits per heavy atom. The molecule has 3 aromatic carbocycles. The highest BCUT2D eigenvalue weighted by Gasteiger charge is 2.48. The van der Waals surface area contributed by atoms with E-state index in [4.69, 9.17) is 9.47 Å². The van der Waals surface area contributed by atoms with Crippen molar-refractivity contribution in [2.75, 3.05) is 19.1 Å². The summed E-state index contributed by atoms with van der Waals surface area (Å²) in [6.45, 7) is 1.84. The van der Waals surface area contributed by atoms with Crippen molar-refractivity contribution in [1.82, 2.24) is 4.98 Å². The van der Waals surface area contributed by atoms with E-state index in [1.807, 2.05) is 31.2 Å². The lowest BCUT2D eigenvalue weighted by molar-refractivity contribution is -0.132. The van der Waals surface area contributed by atoms with Gasteiger partial charge in [0, 0.05) is 33.9 Å². The van der Waals surface area contributed by atoms with Crippen LogP contribution in [0.1, 0.15) is 22.9 Å². The number of nitrogens with zero attached hydrogens (tertiary/aromatic N) is 1. The third-order valence-electron chi connectivity index (χ3n) is 6.41. The molecule has 2 heterocycles. The number of hydrogen-bond donors (Lipinski definition) is 2. The first-order valence-corrected chi connectivity index (χ1v) is 11.2. The van der Waals surface area contributed by atoms with E-state index >= 15 is 0 Å². The highest BCUT2D eigenvalue weighted by Crippen LogP contribution is 2.46. The van der Waals surface area contributed by atoms with Crippen LogP contribution in [0.4, 0.5) is 10.1 Å². The quantitative estimate of drug-likeness (QED) is 0.228. The van der Waals surface area contributed by atoms with Crippen molar-refractivity contribution in [2.45, 2.75) is 13.0 Å². The number of methoxy groups -OCH3 is 2. The van der Waals surface area contributed by atoms with Crippen LogP contribution >= 0.6 is 0 Å². The van der Waals surface area contributed by atoms with Crippen LogP contribution in [0.25, 0.3) is 16.7 Å². The molecule has 182 valence electrons. The summed E-state index contributed by atoms with van der Waals surface area (Å²) >= 11 is 0. The number of amides is 1. The van der Waals surface area contributed by atoms with Gasteiger partial charge in [-0.15, -0.1) is 0 Å². The van der Waals surface area contributed by atoms with E-state index < -0.39 is 29.3 Å². The number of aromatic amines is 1. The van der Waals surface area contributed by atoms with Crippen LogP contribution in [0.3, 0.4) is 0 Å². The fourth-order valence-electron chi connectivity index (χ4n) is 4.79. The first-order valence-electron chi connectivity index (χ1n) is 11.2. The summed E-state index contributed by atoms with van der Waals surface area (Å²) in [5, 5.41) is 12.2. The number of Topliss-reactive ketones (excluding diaryl/α,β-unsaturated/α-hetero) is 1. The molecule has 0 bridgehead atoms. The summed E-state index contributed by atoms with van der Waals surface area (Å²) in [6.07, 6.45) is 0. The summed E-state index contributed by atoms with van der Waals surface area (Å²) in [5.74, 6) is -2.21. The molecule has 2 N–H and O–H groups in total. The molecule has 0 saturated carbocycles. The molecular weight excluding hydrogens is 463 g/mol. The monoisotopic (exact) mass is 486 g/mol. The van der Waals surface area contributed by atoms with Gasteiger partial charge in [-0.3, -0.25) is 14.5 Å². The van der Waals surface area contributed by atoms with Crippen LogP contribution in [-0.4, -0.2) is 36.0 Å². The van der Waals surface area contributed by atoms with E-state index in [2.05, 4.69) is 4.98 Å². The van der Waals surface area contributed by atoms with E-state index in [0.29, 0.717) is 22.7 Å². The Kier molecular flexibility index (Phi) is 5.72. The Hall–Kier alpha value is -4.59. The smallest absolute Gasteiger partial charge is 0.300 e. The molecule has 8 heteroatoms. The van der Waals surface area contributed by atoms with Crippen LogP contribution in [0.15, 0.2) is 72.3 Å². The number of anilines is 1. The fraction of sp³-hybridized carbons (Fsp3) is 0.143. The van der Waals surface area contributed by atoms with Crippen LogP contribution in [0, 0.1) is 12.7 Å². The van der Waals surface area contributed by atoms with Crippen molar-refractivity contribution in [3.05, 3.63) is 94.9 Å². The number of ketones is 1. The number of H-pyrrole nitrogens is 1. The second-order valence-electron chi connectivity index (χ2n) is 8.42. The standard InChI is InChI=1S/C28H23FN2O5/c1-15-23(19-9-4-5-10-21(19)30-15)25-24(26(32)20-13-16(29)11-12-22(20)36-3)27(33)28(34)31(25)17-7-6-8-18(14-17)35-2/h4-14,25,30,32H,1-3H3/b26-24+. The van der Waals surface area contributed by atoms with Crippen molar-refractivity contribution in [3.63, 3.8) is 0 Å². The molecule has 1 fully saturated rings. The van der Waals surface area contributed by atoms with Crippen molar-refractivity contribution >= 4 is 34.0 Å². The number of carbonyl (C=O) groups is 2. The molecule has 1 aliphatic heterocycles. The summed E-state index contributed by atoms with van der Waals surface area (Å²) in [7, 11) is 2.88. The minimum atomic E-state index is -0.999. The average Bonchev–Trinajstić information content (AvgIpc) is 3.35. The Morgan fingerprint density at radius 2 is 1.78 bits per heavy atom. The number of aliphatic hydroxyl groups excluding tert-OH is 1. The van der Waals surface area contributed by atoms with Crippen LogP contribution in [0.5, 0.6) is 11.5 Å². The molecule has 0 aliphatic carbocycles. The number of nitrogens with one attached hydrogen (secondary N) is 1. The van der Waals surface area contributed by atoms with Gasteiger partial charge in [-0.05, 0) is 43.3 Å². The predicted molar refractivity (Wildman–Crippen MR) is 134 cm³/mol. The van der Waals surface area contributed by atoms with Crippen LogP contribution in [-0.2, 0) is 9.59 Å². The summed E-state index contributed by atoms with van der Waals surface area (Å²) in [4.78, 5) is 31.6. The molecule has 7 nitrogen and oxygen atoms in total. The van der Waals surface area contributed by atoms with Gasteiger partial charge >= 0.3 is 0 Å². The van der Waals surface area contributed by atoms with Crippen LogP contribution in [0.2, 0.25) is 0 Å². The van der Waals surface area contributed by atoms with E-state index in [1.165, 1.54) is 31.3 Å². The Bertz CT molecular complexity index is 1550. The van der Waals surface area contributed by atoms with Gasteiger partial charge in [0.25, 0.3) is 11.7 Å². The zero-order valence-corrected chi connectivity index (χ0v) is 19.8. The fourth-order valence-corrected chi connectivity index (χ4v) is 4.79. The minimum Gasteiger partial charge on any atom is -0.507 e. The molecule has 5 rings (SSSR count). The Labute approximate surface area is 206 Å². The van der Waals surface area contributed by atoms with E-state index in [-0.39, 0.29) is 16.9 Å². The molecule has 36 heavy (non-hydrogen) atoms. The van der Waals surface area contributed by atoms with Gasteiger partial charge in [0.1, 0.15) is 23.1 Å². The number of hydrogen-bond acceptors (Lipinski definition) is 5. The van der Waals surface area contributed by atoms with Gasteiger partial charge in [-0.25, -0.2) is 4.39 Å². The summed E-state index contributed by atoms with van der Waals surface area (Å²) in [5.41, 5.74) is 2.39. The molecule has 1 amide bonds. The highest BCUT2D eigenvalue weighted by atomic mass is 19.1. The number of aromatic nitrogens is 1. The van der Waals surface area contributed by atoms with Gasteiger partial charge < -0.3 is 19.6 Å². The number of ether oxygens (including phenoxy) is 2. The average molecular weight is 486 g/mol. The van der Waals surface area contributed by atoms with Crippen molar-refractivity contribution in [2.24, 2.45) is 0 Å². The number of para-hydroxylation sites is 1. The zero-order chi connectivity index (χ0) is 25.6. The SMILES string of the molecule is COc1cccc(N2C(=O)C(=O)/C(=C(/O)c3cc(F)ccc3OC)C2c2c(C)[nH]c3ccccc23)c1. The maximum absolute atomic E-state index is 14.2. The molecule has 1 unspecified atom stereocenters. The van der Waals surface area contributed by atoms with Crippen molar-refractivity contribution in [1.29, 1.82) is 0 Å². The van der Waals surface area contributed by atoms with E-state index in [9.17, 15) is 19.1 Å². The van der Waals surface area contributed by atoms with Gasteiger partial charge in [-0.2, -0.15) is 0 Å². The van der Waals surface area contributed by atoms with Gasteiger partial charge in [0.2, 0.25) is 0 Å². The normalized spacial score (nSPS) is 17.1. The molecule has 1 aliphatic rings. The van der Waals surface area contributed by atoms with Gasteiger partial charge in [0.15, 0.2) is 0 Å². The number of halogens is 1. The molecule has 1 aromatic heterocycles. The molecule has 1 saturated heterocycles.